The van der Waals surface area contributed by atoms with Crippen molar-refractivity contribution in [2.75, 3.05) is 0 Å². The smallest absolute Gasteiger partial charge is 0.244 e. The van der Waals surface area contributed by atoms with Gasteiger partial charge in [0.25, 0.3) is 0 Å². The standard InChI is InChI=1S/C8H12N2O2/c1-6(5-10(3)12)4-7(2)8(9)11/h4-5H,3H2,1-2H3,(H2,9,11)/b6-5-,7-4+. The lowest BCUT2D eigenvalue weighted by molar-refractivity contribution is -0.368. The Kier molecular flexibility index (Phi) is 3.76. The third kappa shape index (κ3) is 4.27. The molecule has 2 N–H and O–H groups in total. The monoisotopic (exact) mass is 168 g/mol. The Hall–Kier alpha value is -1.58. The molecular formula is C8H12N2O2. The first kappa shape index (κ1) is 10.4. The van der Waals surface area contributed by atoms with E-state index in [0.717, 1.165) is 0 Å². The molecule has 0 aliphatic carbocycles. The van der Waals surface area contributed by atoms with Gasteiger partial charge >= 0.3 is 0 Å². The fourth-order valence-electron chi connectivity index (χ4n) is 0.677. The first-order valence-electron chi connectivity index (χ1n) is 3.37. The van der Waals surface area contributed by atoms with Gasteiger partial charge in [0.05, 0.1) is 0 Å². The first-order chi connectivity index (χ1) is 5.43. The Labute approximate surface area is 71.3 Å². The molecule has 0 atom stereocenters. The molecule has 0 aromatic carbocycles. The summed E-state index contributed by atoms with van der Waals surface area (Å²) in [5, 5.41) is 10.4. The summed E-state index contributed by atoms with van der Waals surface area (Å²) in [5.41, 5.74) is 6.02. The molecule has 12 heavy (non-hydrogen) atoms. The minimum Gasteiger partial charge on any atom is -0.619 e. The number of allylic oxidation sites excluding steroid dienone is 2. The number of amides is 1. The number of nitrogens with zero attached hydrogens (tertiary/aromatic N) is 1. The van der Waals surface area contributed by atoms with Crippen LogP contribution in [0.25, 0.3) is 0 Å². The summed E-state index contributed by atoms with van der Waals surface area (Å²) >= 11 is 0. The lowest BCUT2D eigenvalue weighted by Crippen LogP contribution is -2.11. The van der Waals surface area contributed by atoms with Crippen LogP contribution < -0.4 is 5.73 Å². The van der Waals surface area contributed by atoms with E-state index in [0.29, 0.717) is 15.9 Å². The molecule has 0 spiro atoms. The molecule has 4 nitrogen and oxygen atoms in total. The summed E-state index contributed by atoms with van der Waals surface area (Å²) in [4.78, 5) is 10.5. The minimum atomic E-state index is -0.496. The Bertz CT molecular complexity index is 264. The summed E-state index contributed by atoms with van der Waals surface area (Å²) < 4.78 is 0.417. The predicted molar refractivity (Wildman–Crippen MR) is 47.5 cm³/mol. The summed E-state index contributed by atoms with van der Waals surface area (Å²) in [5.74, 6) is -0.496. The molecule has 0 aliphatic heterocycles. The van der Waals surface area contributed by atoms with Gasteiger partial charge in [-0.05, 0) is 19.9 Å². The van der Waals surface area contributed by atoms with E-state index in [1.807, 2.05) is 0 Å². The topological polar surface area (TPSA) is 69.2 Å². The first-order valence-corrected chi connectivity index (χ1v) is 3.37. The maximum atomic E-state index is 10.5. The zero-order valence-electron chi connectivity index (χ0n) is 7.20. The van der Waals surface area contributed by atoms with Crippen molar-refractivity contribution < 1.29 is 9.53 Å². The average Bonchev–Trinajstić information content (AvgIpc) is 1.84. The number of nitrogens with two attached hydrogens (primary N) is 1. The highest BCUT2D eigenvalue weighted by atomic mass is 16.5. The maximum Gasteiger partial charge on any atom is 0.244 e. The summed E-state index contributed by atoms with van der Waals surface area (Å²) in [6.45, 7) is 6.35. The van der Waals surface area contributed by atoms with E-state index in [1.165, 1.54) is 12.3 Å². The Morgan fingerprint density at radius 2 is 2.08 bits per heavy atom. The number of carbonyl (C=O) groups excluding carboxylic acids is 1. The second-order valence-electron chi connectivity index (χ2n) is 2.48. The fourth-order valence-corrected chi connectivity index (χ4v) is 0.677. The number of hydrogen-bond acceptors (Lipinski definition) is 2. The van der Waals surface area contributed by atoms with Crippen LogP contribution in [0.15, 0.2) is 23.4 Å². The predicted octanol–water partition coefficient (Wildman–Crippen LogP) is 0.533. The van der Waals surface area contributed by atoms with E-state index in [-0.39, 0.29) is 0 Å². The molecule has 0 unspecified atom stereocenters. The quantitative estimate of drug-likeness (QED) is 0.167. The van der Waals surface area contributed by atoms with Gasteiger partial charge in [0.1, 0.15) is 6.72 Å². The third-order valence-corrected chi connectivity index (χ3v) is 1.18. The molecule has 0 saturated carbocycles. The lowest BCUT2D eigenvalue weighted by Gasteiger charge is -1.95. The number of hydroxylamine groups is 1. The minimum absolute atomic E-state index is 0.408. The Morgan fingerprint density at radius 3 is 2.42 bits per heavy atom. The van der Waals surface area contributed by atoms with Crippen LogP contribution in [-0.2, 0) is 4.79 Å². The van der Waals surface area contributed by atoms with E-state index in [1.54, 1.807) is 13.8 Å². The second-order valence-corrected chi connectivity index (χ2v) is 2.48. The van der Waals surface area contributed by atoms with Crippen LogP contribution in [0.2, 0.25) is 0 Å². The highest BCUT2D eigenvalue weighted by molar-refractivity contribution is 5.91. The van der Waals surface area contributed by atoms with E-state index in [4.69, 9.17) is 5.73 Å². The van der Waals surface area contributed by atoms with E-state index in [9.17, 15) is 10.0 Å². The van der Waals surface area contributed by atoms with Gasteiger partial charge in [-0.15, -0.1) is 0 Å². The number of rotatable bonds is 3. The molecule has 1 amide bonds. The van der Waals surface area contributed by atoms with Gasteiger partial charge in [-0.25, -0.2) is 0 Å². The molecular weight excluding hydrogens is 156 g/mol. The van der Waals surface area contributed by atoms with Crippen LogP contribution in [0.1, 0.15) is 13.8 Å². The largest absolute Gasteiger partial charge is 0.619 e. The molecule has 0 aromatic rings. The zero-order chi connectivity index (χ0) is 9.72. The maximum absolute atomic E-state index is 10.5. The van der Waals surface area contributed by atoms with Crippen molar-refractivity contribution in [3.63, 3.8) is 0 Å². The molecule has 0 rings (SSSR count). The molecule has 0 aliphatic rings. The van der Waals surface area contributed by atoms with Crippen LogP contribution in [0.4, 0.5) is 0 Å². The molecule has 0 bridgehead atoms. The van der Waals surface area contributed by atoms with Crippen molar-refractivity contribution in [3.8, 4) is 0 Å². The van der Waals surface area contributed by atoms with Crippen molar-refractivity contribution in [3.05, 3.63) is 28.6 Å². The van der Waals surface area contributed by atoms with Gasteiger partial charge in [0.15, 0.2) is 6.20 Å². The van der Waals surface area contributed by atoms with Crippen molar-refractivity contribution in [2.24, 2.45) is 5.73 Å². The van der Waals surface area contributed by atoms with Crippen molar-refractivity contribution in [1.29, 1.82) is 0 Å². The van der Waals surface area contributed by atoms with Crippen LogP contribution >= 0.6 is 0 Å². The molecule has 0 saturated heterocycles. The second kappa shape index (κ2) is 4.33. The molecule has 66 valence electrons. The van der Waals surface area contributed by atoms with Crippen LogP contribution in [-0.4, -0.2) is 17.4 Å². The number of primary amides is 1. The third-order valence-electron chi connectivity index (χ3n) is 1.18. The van der Waals surface area contributed by atoms with Gasteiger partial charge in [0.2, 0.25) is 5.91 Å². The van der Waals surface area contributed by atoms with E-state index in [2.05, 4.69) is 6.72 Å². The van der Waals surface area contributed by atoms with Gasteiger partial charge < -0.3 is 10.9 Å². The summed E-state index contributed by atoms with van der Waals surface area (Å²) in [7, 11) is 0. The molecule has 0 heterocycles. The number of hydrogen-bond donors (Lipinski definition) is 1. The lowest BCUT2D eigenvalue weighted by atomic mass is 10.2. The van der Waals surface area contributed by atoms with Gasteiger partial charge in [-0.2, -0.15) is 4.74 Å². The molecule has 0 radical (unpaired) electrons. The van der Waals surface area contributed by atoms with Crippen LogP contribution in [0.5, 0.6) is 0 Å². The summed E-state index contributed by atoms with van der Waals surface area (Å²) in [6.07, 6.45) is 2.78. The highest BCUT2D eigenvalue weighted by Gasteiger charge is 1.97. The highest BCUT2D eigenvalue weighted by Crippen LogP contribution is 2.00. The molecule has 0 aromatic heterocycles. The van der Waals surface area contributed by atoms with Crippen molar-refractivity contribution in [1.82, 2.24) is 0 Å². The fraction of sp³-hybridized carbons (Fsp3) is 0.250. The van der Waals surface area contributed by atoms with Gasteiger partial charge in [0, 0.05) is 11.1 Å². The van der Waals surface area contributed by atoms with E-state index < -0.39 is 5.91 Å². The molecule has 4 heteroatoms. The molecule has 0 fully saturated rings. The average molecular weight is 168 g/mol. The summed E-state index contributed by atoms with van der Waals surface area (Å²) in [6, 6.07) is 0. The van der Waals surface area contributed by atoms with Crippen molar-refractivity contribution >= 4 is 12.6 Å². The van der Waals surface area contributed by atoms with E-state index >= 15 is 0 Å². The van der Waals surface area contributed by atoms with Gasteiger partial charge in [-0.1, -0.05) is 0 Å². The Morgan fingerprint density at radius 1 is 1.58 bits per heavy atom. The van der Waals surface area contributed by atoms with Gasteiger partial charge in [-0.3, -0.25) is 4.79 Å². The normalized spacial score (nSPS) is 12.8. The SMILES string of the molecule is C=[N+]([O-])/C=C(C)\C=C(/C)C(N)=O. The Balaban J connectivity index is 4.54. The van der Waals surface area contributed by atoms with Crippen molar-refractivity contribution in [2.45, 2.75) is 13.8 Å². The number of carbonyl (C=O) groups is 1. The van der Waals surface area contributed by atoms with Crippen LogP contribution in [0, 0.1) is 5.21 Å². The van der Waals surface area contributed by atoms with Crippen LogP contribution in [0.3, 0.4) is 0 Å². The zero-order valence-corrected chi connectivity index (χ0v) is 7.20.